The lowest BCUT2D eigenvalue weighted by molar-refractivity contribution is -0.121. The summed E-state index contributed by atoms with van der Waals surface area (Å²) in [4.78, 5) is 19.2. The number of carbonyl (C=O) groups excluding carboxylic acids is 1. The van der Waals surface area contributed by atoms with E-state index < -0.39 is 6.10 Å². The molecule has 2 heterocycles. The Hall–Kier alpha value is -3.74. The van der Waals surface area contributed by atoms with Gasteiger partial charge in [0.1, 0.15) is 30.4 Å². The topological polar surface area (TPSA) is 135 Å². The summed E-state index contributed by atoms with van der Waals surface area (Å²) < 4.78 is 5.55. The van der Waals surface area contributed by atoms with Gasteiger partial charge in [-0.3, -0.25) is 4.79 Å². The van der Waals surface area contributed by atoms with Crippen molar-refractivity contribution in [3.63, 3.8) is 0 Å². The Kier molecular flexibility index (Phi) is 6.75. The van der Waals surface area contributed by atoms with Crippen LogP contribution in [0.5, 0.6) is 5.75 Å². The Labute approximate surface area is 185 Å². The van der Waals surface area contributed by atoms with E-state index in [0.717, 1.165) is 28.1 Å². The average molecular weight is 432 g/mol. The zero-order valence-electron chi connectivity index (χ0n) is 17.5. The minimum Gasteiger partial charge on any atom is -0.489 e. The van der Waals surface area contributed by atoms with Crippen LogP contribution < -0.4 is 15.5 Å². The fourth-order valence-corrected chi connectivity index (χ4v) is 3.45. The Morgan fingerprint density at radius 1 is 1.25 bits per heavy atom. The first-order valence-electron chi connectivity index (χ1n) is 10.5. The molecule has 1 aromatic heterocycles. The minimum absolute atomic E-state index is 0.0604. The predicted octanol–water partition coefficient (Wildman–Crippen LogP) is 1.62. The number of fused-ring (bicyclic) bond motifs is 1. The van der Waals surface area contributed by atoms with Crippen LogP contribution in [0.1, 0.15) is 29.8 Å². The number of H-pyrrole nitrogens is 1. The lowest BCUT2D eigenvalue weighted by Crippen LogP contribution is -2.32. The third kappa shape index (κ3) is 5.29. The van der Waals surface area contributed by atoms with E-state index in [0.29, 0.717) is 43.7 Å². The van der Waals surface area contributed by atoms with Crippen molar-refractivity contribution in [1.82, 2.24) is 20.7 Å². The second-order valence-electron chi connectivity index (χ2n) is 7.54. The lowest BCUT2D eigenvalue weighted by atomic mass is 10.0. The van der Waals surface area contributed by atoms with Gasteiger partial charge in [0.15, 0.2) is 0 Å². The number of nitrogens with one attached hydrogen (secondary N) is 3. The van der Waals surface area contributed by atoms with E-state index in [-0.39, 0.29) is 12.5 Å². The average Bonchev–Trinajstić information content (AvgIpc) is 3.23. The van der Waals surface area contributed by atoms with Crippen LogP contribution in [-0.2, 0) is 11.2 Å². The zero-order chi connectivity index (χ0) is 22.3. The molecule has 0 fully saturated rings. The van der Waals surface area contributed by atoms with E-state index in [1.54, 1.807) is 24.3 Å². The van der Waals surface area contributed by atoms with Crippen LogP contribution in [0, 0.1) is 11.3 Å². The van der Waals surface area contributed by atoms with Crippen molar-refractivity contribution in [2.24, 2.45) is 5.10 Å². The fourth-order valence-electron chi connectivity index (χ4n) is 3.45. The summed E-state index contributed by atoms with van der Waals surface area (Å²) in [5, 5.41) is 26.5. The highest BCUT2D eigenvalue weighted by Gasteiger charge is 2.14. The summed E-state index contributed by atoms with van der Waals surface area (Å²) >= 11 is 0. The Morgan fingerprint density at radius 2 is 2.12 bits per heavy atom. The largest absolute Gasteiger partial charge is 0.489 e. The van der Waals surface area contributed by atoms with E-state index in [4.69, 9.17) is 10.00 Å². The molecule has 0 saturated carbocycles. The summed E-state index contributed by atoms with van der Waals surface area (Å²) in [6.07, 6.45) is 1.04. The number of hydrazone groups is 1. The number of aliphatic hydroxyl groups excluding tert-OH is 1. The molecule has 9 heteroatoms. The van der Waals surface area contributed by atoms with Crippen LogP contribution in [0.25, 0.3) is 11.0 Å². The molecular formula is C23H24N6O3. The molecule has 1 aliphatic heterocycles. The van der Waals surface area contributed by atoms with Gasteiger partial charge in [0.25, 0.3) is 0 Å². The number of carbonyl (C=O) groups is 1. The third-order valence-electron chi connectivity index (χ3n) is 5.13. The van der Waals surface area contributed by atoms with Gasteiger partial charge < -0.3 is 20.1 Å². The number of benzene rings is 2. The third-order valence-corrected chi connectivity index (χ3v) is 5.13. The SMILES string of the molecule is N#Cc1ccccc1OCC(O)CNCCc1nc2ccc(C3=NNC(=O)CC3)cc2[nH]1. The van der Waals surface area contributed by atoms with E-state index in [9.17, 15) is 9.90 Å². The van der Waals surface area contributed by atoms with E-state index in [1.807, 2.05) is 18.2 Å². The first-order valence-corrected chi connectivity index (χ1v) is 10.5. The first-order chi connectivity index (χ1) is 15.6. The second kappa shape index (κ2) is 10.0. The molecule has 1 unspecified atom stereocenters. The molecule has 0 aliphatic carbocycles. The highest BCUT2D eigenvalue weighted by atomic mass is 16.5. The van der Waals surface area contributed by atoms with Gasteiger partial charge >= 0.3 is 0 Å². The number of aromatic nitrogens is 2. The number of aromatic amines is 1. The van der Waals surface area contributed by atoms with Gasteiger partial charge in [-0.05, 0) is 29.8 Å². The molecule has 0 spiro atoms. The monoisotopic (exact) mass is 432 g/mol. The fraction of sp³-hybridized carbons (Fsp3) is 0.304. The van der Waals surface area contributed by atoms with Crippen LogP contribution in [0.3, 0.4) is 0 Å². The van der Waals surface area contributed by atoms with E-state index in [2.05, 4.69) is 31.9 Å². The van der Waals surface area contributed by atoms with Gasteiger partial charge in [-0.15, -0.1) is 0 Å². The lowest BCUT2D eigenvalue weighted by Gasteiger charge is -2.13. The maximum absolute atomic E-state index is 11.3. The standard InChI is InChI=1S/C23H24N6O3/c24-12-16-3-1-2-4-21(16)32-14-17(30)13-25-10-9-22-26-19-6-5-15(11-20(19)27-22)18-7-8-23(31)29-28-18/h1-6,11,17,25,30H,7-10,13-14H2,(H,26,27)(H,29,31). The van der Waals surface area contributed by atoms with Crippen LogP contribution in [0.2, 0.25) is 0 Å². The van der Waals surface area contributed by atoms with Crippen LogP contribution in [0.15, 0.2) is 47.6 Å². The molecule has 32 heavy (non-hydrogen) atoms. The predicted molar refractivity (Wildman–Crippen MR) is 119 cm³/mol. The van der Waals surface area contributed by atoms with Crippen LogP contribution in [0.4, 0.5) is 0 Å². The molecule has 0 radical (unpaired) electrons. The molecule has 2 aromatic carbocycles. The number of aliphatic hydroxyl groups is 1. The number of para-hydroxylation sites is 1. The molecule has 1 atom stereocenters. The maximum atomic E-state index is 11.3. The van der Waals surface area contributed by atoms with E-state index >= 15 is 0 Å². The summed E-state index contributed by atoms with van der Waals surface area (Å²) in [6, 6.07) is 14.9. The highest BCUT2D eigenvalue weighted by molar-refractivity contribution is 6.05. The molecule has 0 bridgehead atoms. The van der Waals surface area contributed by atoms with Gasteiger partial charge in [0, 0.05) is 32.4 Å². The van der Waals surface area contributed by atoms with Gasteiger partial charge in [-0.25, -0.2) is 10.4 Å². The second-order valence-corrected chi connectivity index (χ2v) is 7.54. The zero-order valence-corrected chi connectivity index (χ0v) is 17.5. The van der Waals surface area contributed by atoms with Gasteiger partial charge in [0.2, 0.25) is 5.91 Å². The Balaban J connectivity index is 1.24. The summed E-state index contributed by atoms with van der Waals surface area (Å²) in [5.41, 5.74) is 6.58. The van der Waals surface area contributed by atoms with Gasteiger partial charge in [-0.1, -0.05) is 18.2 Å². The number of imidazole rings is 1. The number of hydrogen-bond donors (Lipinski definition) is 4. The molecule has 0 saturated heterocycles. The molecule has 164 valence electrons. The molecule has 1 amide bonds. The molecular weight excluding hydrogens is 408 g/mol. The van der Waals surface area contributed by atoms with Crippen molar-refractivity contribution in [3.05, 3.63) is 59.4 Å². The number of ether oxygens (including phenoxy) is 1. The smallest absolute Gasteiger partial charge is 0.240 e. The van der Waals surface area contributed by atoms with Crippen molar-refractivity contribution in [2.75, 3.05) is 19.7 Å². The Bertz CT molecular complexity index is 1180. The maximum Gasteiger partial charge on any atom is 0.240 e. The quantitative estimate of drug-likeness (QED) is 0.380. The van der Waals surface area contributed by atoms with Gasteiger partial charge in [0.05, 0.1) is 22.3 Å². The number of rotatable bonds is 9. The van der Waals surface area contributed by atoms with Crippen LogP contribution >= 0.6 is 0 Å². The minimum atomic E-state index is -0.697. The highest BCUT2D eigenvalue weighted by Crippen LogP contribution is 2.18. The molecule has 3 aromatic rings. The van der Waals surface area contributed by atoms with Crippen molar-refractivity contribution in [2.45, 2.75) is 25.4 Å². The molecule has 4 rings (SSSR count). The summed E-state index contributed by atoms with van der Waals surface area (Å²) in [7, 11) is 0. The Morgan fingerprint density at radius 3 is 2.94 bits per heavy atom. The van der Waals surface area contributed by atoms with Crippen molar-refractivity contribution >= 4 is 22.7 Å². The number of nitriles is 1. The first kappa shape index (κ1) is 21.5. The summed E-state index contributed by atoms with van der Waals surface area (Å²) in [5.74, 6) is 1.25. The van der Waals surface area contributed by atoms with Crippen molar-refractivity contribution in [1.29, 1.82) is 5.26 Å². The van der Waals surface area contributed by atoms with E-state index in [1.165, 1.54) is 0 Å². The molecule has 9 nitrogen and oxygen atoms in total. The normalized spacial score (nSPS) is 14.5. The number of nitrogens with zero attached hydrogens (tertiary/aromatic N) is 3. The van der Waals surface area contributed by atoms with Crippen molar-refractivity contribution in [3.8, 4) is 11.8 Å². The van der Waals surface area contributed by atoms with Gasteiger partial charge in [-0.2, -0.15) is 10.4 Å². The number of amides is 1. The molecule has 1 aliphatic rings. The number of hydrogen-bond acceptors (Lipinski definition) is 7. The summed E-state index contributed by atoms with van der Waals surface area (Å²) in [6.45, 7) is 1.10. The van der Waals surface area contributed by atoms with Crippen LogP contribution in [-0.4, -0.2) is 52.5 Å². The molecule has 4 N–H and O–H groups in total. The van der Waals surface area contributed by atoms with Crippen molar-refractivity contribution < 1.29 is 14.6 Å².